The Balaban J connectivity index is 2.00. The second-order valence-electron chi connectivity index (χ2n) is 4.57. The molecule has 1 N–H and O–H groups in total. The number of hydrogen-bond donors (Lipinski definition) is 1. The number of aromatic nitrogens is 1. The van der Waals surface area contributed by atoms with Crippen molar-refractivity contribution in [1.82, 2.24) is 9.88 Å². The molecule has 2 rings (SSSR count). The lowest BCUT2D eigenvalue weighted by Gasteiger charge is -2.11. The largest absolute Gasteiger partial charge is 0.468 e. The molecule has 1 atom stereocenters. The van der Waals surface area contributed by atoms with Gasteiger partial charge in [-0.05, 0) is 44.5 Å². The molecule has 0 amide bonds. The Morgan fingerprint density at radius 2 is 2.18 bits per heavy atom. The highest BCUT2D eigenvalue weighted by atomic mass is 16.3. The molecule has 0 saturated carbocycles. The maximum absolute atomic E-state index is 5.38. The third-order valence-electron chi connectivity index (χ3n) is 3.45. The summed E-state index contributed by atoms with van der Waals surface area (Å²) in [6.07, 6.45) is 1.71. The maximum Gasteiger partial charge on any atom is 0.120 e. The number of rotatable bonds is 4. The molecule has 3 nitrogen and oxygen atoms in total. The molecule has 0 saturated heterocycles. The Morgan fingerprint density at radius 1 is 1.41 bits per heavy atom. The number of furan rings is 1. The summed E-state index contributed by atoms with van der Waals surface area (Å²) in [6.45, 7) is 7.27. The molecule has 0 bridgehead atoms. The van der Waals surface area contributed by atoms with Gasteiger partial charge in [-0.25, -0.2) is 0 Å². The van der Waals surface area contributed by atoms with Gasteiger partial charge in [0, 0.05) is 25.0 Å². The van der Waals surface area contributed by atoms with Crippen LogP contribution in [0.25, 0.3) is 0 Å². The van der Waals surface area contributed by atoms with Gasteiger partial charge in [-0.3, -0.25) is 0 Å². The smallest absolute Gasteiger partial charge is 0.120 e. The monoisotopic (exact) mass is 232 g/mol. The molecule has 0 fully saturated rings. The molecule has 3 heteroatoms. The number of aryl methyl sites for hydroxylation is 1. The van der Waals surface area contributed by atoms with Crippen molar-refractivity contribution in [2.45, 2.75) is 33.4 Å². The molecular weight excluding hydrogens is 212 g/mol. The fraction of sp³-hybridized carbons (Fsp3) is 0.429. The first-order chi connectivity index (χ1) is 8.09. The molecule has 2 aromatic rings. The predicted molar refractivity (Wildman–Crippen MR) is 68.8 cm³/mol. The van der Waals surface area contributed by atoms with Gasteiger partial charge in [0.15, 0.2) is 0 Å². The highest BCUT2D eigenvalue weighted by Crippen LogP contribution is 2.16. The van der Waals surface area contributed by atoms with E-state index < -0.39 is 0 Å². The fourth-order valence-corrected chi connectivity index (χ4v) is 2.01. The molecule has 0 aromatic carbocycles. The van der Waals surface area contributed by atoms with Crippen LogP contribution in [0.2, 0.25) is 0 Å². The topological polar surface area (TPSA) is 30.1 Å². The first-order valence-corrected chi connectivity index (χ1v) is 5.98. The van der Waals surface area contributed by atoms with E-state index in [1.165, 1.54) is 17.0 Å². The van der Waals surface area contributed by atoms with Crippen molar-refractivity contribution >= 4 is 0 Å². The van der Waals surface area contributed by atoms with Crippen LogP contribution in [0.3, 0.4) is 0 Å². The van der Waals surface area contributed by atoms with E-state index in [0.717, 1.165) is 12.3 Å². The molecule has 0 radical (unpaired) electrons. The van der Waals surface area contributed by atoms with Crippen molar-refractivity contribution in [2.24, 2.45) is 7.05 Å². The van der Waals surface area contributed by atoms with Gasteiger partial charge >= 0.3 is 0 Å². The lowest BCUT2D eigenvalue weighted by molar-refractivity contribution is 0.430. The van der Waals surface area contributed by atoms with Crippen molar-refractivity contribution in [3.05, 3.63) is 47.2 Å². The molecule has 92 valence electrons. The Labute approximate surface area is 102 Å². The molecule has 0 aliphatic carbocycles. The zero-order valence-corrected chi connectivity index (χ0v) is 10.9. The van der Waals surface area contributed by atoms with Crippen LogP contribution in [0.1, 0.15) is 35.7 Å². The molecular formula is C14H20N2O. The summed E-state index contributed by atoms with van der Waals surface area (Å²) in [6, 6.07) is 6.40. The van der Waals surface area contributed by atoms with E-state index in [4.69, 9.17) is 4.42 Å². The van der Waals surface area contributed by atoms with E-state index in [0.29, 0.717) is 0 Å². The summed E-state index contributed by atoms with van der Waals surface area (Å²) in [4.78, 5) is 0. The van der Waals surface area contributed by atoms with E-state index in [-0.39, 0.29) is 6.04 Å². The van der Waals surface area contributed by atoms with Gasteiger partial charge in [0.25, 0.3) is 0 Å². The van der Waals surface area contributed by atoms with Crippen molar-refractivity contribution in [3.8, 4) is 0 Å². The molecule has 0 spiro atoms. The summed E-state index contributed by atoms with van der Waals surface area (Å²) in [7, 11) is 2.10. The Bertz CT molecular complexity index is 483. The molecule has 0 unspecified atom stereocenters. The Morgan fingerprint density at radius 3 is 2.71 bits per heavy atom. The molecule has 2 aromatic heterocycles. The zero-order chi connectivity index (χ0) is 12.4. The van der Waals surface area contributed by atoms with Crippen molar-refractivity contribution in [1.29, 1.82) is 0 Å². The average Bonchev–Trinajstić information content (AvgIpc) is 2.91. The van der Waals surface area contributed by atoms with Crippen LogP contribution in [0.15, 0.2) is 28.9 Å². The Hall–Kier alpha value is -1.48. The van der Waals surface area contributed by atoms with E-state index in [2.05, 4.69) is 43.8 Å². The Kier molecular flexibility index (Phi) is 3.38. The summed E-state index contributed by atoms with van der Waals surface area (Å²) < 4.78 is 7.59. The van der Waals surface area contributed by atoms with E-state index >= 15 is 0 Å². The normalized spacial score (nSPS) is 12.9. The minimum Gasteiger partial charge on any atom is -0.468 e. The van der Waals surface area contributed by atoms with Crippen LogP contribution in [0.5, 0.6) is 0 Å². The fourth-order valence-electron chi connectivity index (χ4n) is 2.01. The lowest BCUT2D eigenvalue weighted by atomic mass is 10.2. The van der Waals surface area contributed by atoms with Crippen molar-refractivity contribution < 1.29 is 4.42 Å². The van der Waals surface area contributed by atoms with Gasteiger partial charge in [-0.2, -0.15) is 0 Å². The minimum atomic E-state index is 0.241. The van der Waals surface area contributed by atoms with Crippen LogP contribution >= 0.6 is 0 Å². The van der Waals surface area contributed by atoms with E-state index in [1.54, 1.807) is 6.26 Å². The molecule has 17 heavy (non-hydrogen) atoms. The first kappa shape index (κ1) is 12.0. The highest BCUT2D eigenvalue weighted by Gasteiger charge is 2.10. The van der Waals surface area contributed by atoms with E-state index in [1.807, 2.05) is 12.1 Å². The van der Waals surface area contributed by atoms with Gasteiger partial charge < -0.3 is 14.3 Å². The summed E-state index contributed by atoms with van der Waals surface area (Å²) in [5.41, 5.74) is 3.97. The predicted octanol–water partition coefficient (Wildman–Crippen LogP) is 3.09. The second kappa shape index (κ2) is 4.80. The zero-order valence-electron chi connectivity index (χ0n) is 10.9. The van der Waals surface area contributed by atoms with E-state index in [9.17, 15) is 0 Å². The first-order valence-electron chi connectivity index (χ1n) is 5.98. The number of hydrogen-bond acceptors (Lipinski definition) is 2. The van der Waals surface area contributed by atoms with Crippen molar-refractivity contribution in [3.63, 3.8) is 0 Å². The van der Waals surface area contributed by atoms with Crippen LogP contribution in [-0.2, 0) is 13.6 Å². The average molecular weight is 232 g/mol. The third-order valence-corrected chi connectivity index (χ3v) is 3.45. The molecule has 0 aliphatic heterocycles. The van der Waals surface area contributed by atoms with Crippen LogP contribution in [0.4, 0.5) is 0 Å². The van der Waals surface area contributed by atoms with Crippen LogP contribution in [-0.4, -0.2) is 4.57 Å². The van der Waals surface area contributed by atoms with Gasteiger partial charge in [0.2, 0.25) is 0 Å². The standard InChI is InChI=1S/C14H20N2O/c1-10-8-13(12(3)16(10)4)9-15-11(2)14-6-5-7-17-14/h5-8,11,15H,9H2,1-4H3/t11-/m0/s1. The highest BCUT2D eigenvalue weighted by molar-refractivity contribution is 5.26. The maximum atomic E-state index is 5.38. The van der Waals surface area contributed by atoms with Gasteiger partial charge in [0.05, 0.1) is 12.3 Å². The third kappa shape index (κ3) is 2.44. The van der Waals surface area contributed by atoms with Gasteiger partial charge in [-0.15, -0.1) is 0 Å². The summed E-state index contributed by atoms with van der Waals surface area (Å²) >= 11 is 0. The summed E-state index contributed by atoms with van der Waals surface area (Å²) in [5, 5.41) is 3.48. The van der Waals surface area contributed by atoms with Gasteiger partial charge in [-0.1, -0.05) is 0 Å². The quantitative estimate of drug-likeness (QED) is 0.878. The van der Waals surface area contributed by atoms with Crippen LogP contribution < -0.4 is 5.32 Å². The number of nitrogens with one attached hydrogen (secondary N) is 1. The second-order valence-corrected chi connectivity index (χ2v) is 4.57. The SMILES string of the molecule is Cc1cc(CN[C@@H](C)c2ccco2)c(C)n1C. The van der Waals surface area contributed by atoms with Crippen LogP contribution in [0, 0.1) is 13.8 Å². The summed E-state index contributed by atoms with van der Waals surface area (Å²) in [5.74, 6) is 0.982. The lowest BCUT2D eigenvalue weighted by Crippen LogP contribution is -2.17. The minimum absolute atomic E-state index is 0.241. The van der Waals surface area contributed by atoms with Gasteiger partial charge in [0.1, 0.15) is 5.76 Å². The number of nitrogens with zero attached hydrogens (tertiary/aromatic N) is 1. The molecule has 2 heterocycles. The van der Waals surface area contributed by atoms with Crippen molar-refractivity contribution in [2.75, 3.05) is 0 Å². The molecule has 0 aliphatic rings.